The largest absolute Gasteiger partial charge is 0.497 e. The summed E-state index contributed by atoms with van der Waals surface area (Å²) in [5.74, 6) is 0.683. The molecule has 31 heavy (non-hydrogen) atoms. The van der Waals surface area contributed by atoms with E-state index >= 15 is 0 Å². The molecule has 2 aromatic rings. The summed E-state index contributed by atoms with van der Waals surface area (Å²) in [4.78, 5) is 31.1. The maximum Gasteiger partial charge on any atom is 0.407 e. The first kappa shape index (κ1) is 23.0. The molecule has 3 rings (SSSR count). The van der Waals surface area contributed by atoms with E-state index in [0.29, 0.717) is 25.4 Å². The molecule has 0 aliphatic carbocycles. The summed E-state index contributed by atoms with van der Waals surface area (Å²) >= 11 is 0. The first-order valence-corrected chi connectivity index (χ1v) is 10.5. The Morgan fingerprint density at radius 2 is 2.03 bits per heavy atom. The lowest BCUT2D eigenvalue weighted by Crippen LogP contribution is -2.55. The number of likely N-dealkylation sites (tertiary alicyclic amines) is 1. The lowest BCUT2D eigenvalue weighted by Gasteiger charge is -2.38. The second-order valence-electron chi connectivity index (χ2n) is 8.72. The highest BCUT2D eigenvalue weighted by molar-refractivity contribution is 5.76. The first-order valence-electron chi connectivity index (χ1n) is 10.5. The number of aromatic nitrogens is 2. The van der Waals surface area contributed by atoms with E-state index in [-0.39, 0.29) is 17.7 Å². The number of methoxy groups -OCH3 is 2. The molecular weight excluding hydrogens is 400 g/mol. The van der Waals surface area contributed by atoms with E-state index in [4.69, 9.17) is 14.2 Å². The molecule has 2 atom stereocenters. The highest BCUT2D eigenvalue weighted by atomic mass is 16.6. The molecule has 2 heterocycles. The van der Waals surface area contributed by atoms with Gasteiger partial charge in [-0.1, -0.05) is 0 Å². The third-order valence-electron chi connectivity index (χ3n) is 5.34. The van der Waals surface area contributed by atoms with Crippen LogP contribution in [0.1, 0.15) is 27.2 Å². The Morgan fingerprint density at radius 3 is 2.71 bits per heavy atom. The van der Waals surface area contributed by atoms with Crippen molar-refractivity contribution in [3.63, 3.8) is 0 Å². The predicted molar refractivity (Wildman–Crippen MR) is 118 cm³/mol. The van der Waals surface area contributed by atoms with E-state index in [1.807, 2.05) is 39.0 Å². The molecule has 1 amide bonds. The highest BCUT2D eigenvalue weighted by Gasteiger charge is 2.31. The second-order valence-corrected chi connectivity index (χ2v) is 8.72. The van der Waals surface area contributed by atoms with Crippen molar-refractivity contribution >= 4 is 17.1 Å². The molecule has 1 aromatic carbocycles. The standard InChI is InChI=1S/C22H32N4O5/c1-22(2,3)31-21(28)24-17-8-9-25(14-19(17)30-5)10-11-26-18-12-15(29-4)6-7-16(18)23-13-20(26)27/h6-7,12-13,17,19H,8-11,14H2,1-5H3,(H,24,28)/t17-,19-/m0/s1. The van der Waals surface area contributed by atoms with Crippen LogP contribution in [0.5, 0.6) is 5.75 Å². The van der Waals surface area contributed by atoms with Crippen molar-refractivity contribution in [3.05, 3.63) is 34.7 Å². The van der Waals surface area contributed by atoms with Crippen molar-refractivity contribution in [1.82, 2.24) is 19.8 Å². The molecule has 9 nitrogen and oxygen atoms in total. The SMILES string of the molecule is COc1ccc2ncc(=O)n(CCN3CC[C@H](NC(=O)OC(C)(C)C)[C@@H](OC)C3)c2c1. The minimum absolute atomic E-state index is 0.121. The molecule has 170 valence electrons. The van der Waals surface area contributed by atoms with E-state index in [1.165, 1.54) is 6.20 Å². The zero-order valence-electron chi connectivity index (χ0n) is 18.9. The van der Waals surface area contributed by atoms with Crippen LogP contribution in [0.25, 0.3) is 11.0 Å². The summed E-state index contributed by atoms with van der Waals surface area (Å²) in [5.41, 5.74) is 0.800. The van der Waals surface area contributed by atoms with Crippen LogP contribution in [-0.2, 0) is 16.0 Å². The maximum absolute atomic E-state index is 12.5. The van der Waals surface area contributed by atoms with Crippen LogP contribution < -0.4 is 15.6 Å². The smallest absolute Gasteiger partial charge is 0.407 e. The number of carbonyl (C=O) groups excluding carboxylic acids is 1. The molecule has 1 saturated heterocycles. The van der Waals surface area contributed by atoms with Gasteiger partial charge in [0.25, 0.3) is 5.56 Å². The van der Waals surface area contributed by atoms with E-state index in [0.717, 1.165) is 24.0 Å². The van der Waals surface area contributed by atoms with Gasteiger partial charge in [-0.05, 0) is 39.3 Å². The van der Waals surface area contributed by atoms with Gasteiger partial charge in [0.15, 0.2) is 0 Å². The topological polar surface area (TPSA) is 94.9 Å². The molecule has 1 aliphatic rings. The Labute approximate surface area is 182 Å². The Morgan fingerprint density at radius 1 is 1.26 bits per heavy atom. The zero-order chi connectivity index (χ0) is 22.6. The van der Waals surface area contributed by atoms with Gasteiger partial charge in [-0.25, -0.2) is 9.78 Å². The van der Waals surface area contributed by atoms with Crippen LogP contribution in [-0.4, -0.2) is 72.1 Å². The molecule has 1 aromatic heterocycles. The quantitative estimate of drug-likeness (QED) is 0.746. The summed E-state index contributed by atoms with van der Waals surface area (Å²) in [5, 5.41) is 2.93. The van der Waals surface area contributed by atoms with Gasteiger partial charge < -0.3 is 24.1 Å². The summed E-state index contributed by atoms with van der Waals surface area (Å²) in [6, 6.07) is 5.39. The van der Waals surface area contributed by atoms with E-state index in [2.05, 4.69) is 15.2 Å². The average molecular weight is 433 g/mol. The lowest BCUT2D eigenvalue weighted by atomic mass is 10.0. The number of nitrogens with zero attached hydrogens (tertiary/aromatic N) is 3. The van der Waals surface area contributed by atoms with Gasteiger partial charge in [0.1, 0.15) is 11.4 Å². The molecule has 1 N–H and O–H groups in total. The Kier molecular flexibility index (Phi) is 7.17. The number of carbonyl (C=O) groups is 1. The first-order chi connectivity index (χ1) is 14.7. The van der Waals surface area contributed by atoms with Gasteiger partial charge in [0.05, 0.1) is 36.5 Å². The van der Waals surface area contributed by atoms with Crippen LogP contribution in [0.15, 0.2) is 29.2 Å². The van der Waals surface area contributed by atoms with Gasteiger partial charge in [0.2, 0.25) is 0 Å². The van der Waals surface area contributed by atoms with Crippen molar-refractivity contribution < 1.29 is 19.0 Å². The summed E-state index contributed by atoms with van der Waals surface area (Å²) in [6.45, 7) is 8.14. The highest BCUT2D eigenvalue weighted by Crippen LogP contribution is 2.19. The van der Waals surface area contributed by atoms with Crippen molar-refractivity contribution in [2.45, 2.75) is 51.5 Å². The Balaban J connectivity index is 1.64. The minimum atomic E-state index is -0.545. The molecule has 0 saturated carbocycles. The Hall–Kier alpha value is -2.65. The number of amides is 1. The van der Waals surface area contributed by atoms with Gasteiger partial charge in [-0.2, -0.15) is 0 Å². The molecule has 0 radical (unpaired) electrons. The van der Waals surface area contributed by atoms with Gasteiger partial charge >= 0.3 is 6.09 Å². The molecule has 1 aliphatic heterocycles. The van der Waals surface area contributed by atoms with Gasteiger partial charge in [-0.3, -0.25) is 9.69 Å². The summed E-state index contributed by atoms with van der Waals surface area (Å²) < 4.78 is 18.0. The number of nitrogens with one attached hydrogen (secondary N) is 1. The third-order valence-corrected chi connectivity index (χ3v) is 5.34. The number of fused-ring (bicyclic) bond motifs is 1. The van der Waals surface area contributed by atoms with Crippen LogP contribution in [0.4, 0.5) is 4.79 Å². The van der Waals surface area contributed by atoms with Crippen LogP contribution >= 0.6 is 0 Å². The molecule has 0 spiro atoms. The lowest BCUT2D eigenvalue weighted by molar-refractivity contribution is -0.00306. The number of benzene rings is 1. The van der Waals surface area contributed by atoms with Crippen LogP contribution in [0, 0.1) is 0 Å². The summed E-state index contributed by atoms with van der Waals surface area (Å²) in [6.07, 6.45) is 1.49. The third kappa shape index (κ3) is 5.95. The molecular formula is C22H32N4O5. The van der Waals surface area contributed by atoms with Crippen LogP contribution in [0.3, 0.4) is 0 Å². The number of hydrogen-bond acceptors (Lipinski definition) is 7. The molecule has 1 fully saturated rings. The summed E-state index contributed by atoms with van der Waals surface area (Å²) in [7, 11) is 3.24. The van der Waals surface area contributed by atoms with Crippen molar-refractivity contribution in [2.75, 3.05) is 33.9 Å². The fourth-order valence-corrected chi connectivity index (χ4v) is 3.79. The van der Waals surface area contributed by atoms with E-state index in [9.17, 15) is 9.59 Å². The number of hydrogen-bond donors (Lipinski definition) is 1. The van der Waals surface area contributed by atoms with Crippen LogP contribution in [0.2, 0.25) is 0 Å². The normalized spacial score (nSPS) is 19.9. The molecule has 9 heteroatoms. The predicted octanol–water partition coefficient (Wildman–Crippen LogP) is 2.02. The number of alkyl carbamates (subject to hydrolysis) is 1. The van der Waals surface area contributed by atoms with Crippen molar-refractivity contribution in [2.24, 2.45) is 0 Å². The molecule has 0 bridgehead atoms. The van der Waals surface area contributed by atoms with Gasteiger partial charge in [-0.15, -0.1) is 0 Å². The monoisotopic (exact) mass is 432 g/mol. The average Bonchev–Trinajstić information content (AvgIpc) is 2.72. The number of piperidine rings is 1. The number of rotatable bonds is 6. The fraction of sp³-hybridized carbons (Fsp3) is 0.591. The van der Waals surface area contributed by atoms with Gasteiger partial charge in [0, 0.05) is 39.4 Å². The maximum atomic E-state index is 12.5. The number of ether oxygens (including phenoxy) is 3. The van der Waals surface area contributed by atoms with E-state index < -0.39 is 11.7 Å². The fourth-order valence-electron chi connectivity index (χ4n) is 3.79. The molecule has 0 unspecified atom stereocenters. The van der Waals surface area contributed by atoms with Crippen molar-refractivity contribution in [3.8, 4) is 5.75 Å². The zero-order valence-corrected chi connectivity index (χ0v) is 18.9. The second kappa shape index (κ2) is 9.65. The Bertz CT molecular complexity index is 969. The van der Waals surface area contributed by atoms with Crippen molar-refractivity contribution in [1.29, 1.82) is 0 Å². The minimum Gasteiger partial charge on any atom is -0.497 e. The van der Waals surface area contributed by atoms with E-state index in [1.54, 1.807) is 18.8 Å².